The van der Waals surface area contributed by atoms with Crippen molar-refractivity contribution in [1.29, 1.82) is 0 Å². The summed E-state index contributed by atoms with van der Waals surface area (Å²) in [5, 5.41) is 6.08. The molecule has 0 spiro atoms. The van der Waals surface area contributed by atoms with E-state index >= 15 is 0 Å². The number of allylic oxidation sites excluding steroid dienone is 1. The summed E-state index contributed by atoms with van der Waals surface area (Å²) in [7, 11) is 0. The van der Waals surface area contributed by atoms with E-state index in [1.165, 1.54) is 11.1 Å². The molecule has 7 heteroatoms. The highest BCUT2D eigenvalue weighted by Crippen LogP contribution is 2.24. The summed E-state index contributed by atoms with van der Waals surface area (Å²) in [6, 6.07) is 7.89. The topological polar surface area (TPSA) is 92.2 Å². The van der Waals surface area contributed by atoms with Crippen LogP contribution in [0.2, 0.25) is 0 Å². The van der Waals surface area contributed by atoms with Gasteiger partial charge in [0.1, 0.15) is 0 Å². The van der Waals surface area contributed by atoms with Gasteiger partial charge in [-0.05, 0) is 106 Å². The minimum absolute atomic E-state index is 0.113. The van der Waals surface area contributed by atoms with Gasteiger partial charge in [0.05, 0.1) is 11.4 Å². The molecule has 0 unspecified atom stereocenters. The molecule has 0 radical (unpaired) electrons. The molecule has 2 aromatic heterocycles. The van der Waals surface area contributed by atoms with Crippen molar-refractivity contribution in [2.24, 2.45) is 4.99 Å². The van der Waals surface area contributed by atoms with E-state index in [9.17, 15) is 4.79 Å². The molecule has 0 saturated heterocycles. The number of aliphatic imine (C=N–C) groups is 1. The van der Waals surface area contributed by atoms with Crippen molar-refractivity contribution < 1.29 is 4.79 Å². The van der Waals surface area contributed by atoms with Gasteiger partial charge in [-0.25, -0.2) is 9.97 Å². The number of rotatable bonds is 9. The third kappa shape index (κ3) is 9.78. The number of hydrogen-bond donors (Lipinski definition) is 2. The number of benzene rings is 1. The number of carbonyl (C=O) groups is 1. The summed E-state index contributed by atoms with van der Waals surface area (Å²) in [6.07, 6.45) is 13.6. The molecule has 7 nitrogen and oxygen atoms in total. The average Bonchev–Trinajstić information content (AvgIpc) is 2.92. The van der Waals surface area contributed by atoms with E-state index in [0.29, 0.717) is 18.1 Å². The van der Waals surface area contributed by atoms with Crippen molar-refractivity contribution in [2.75, 3.05) is 11.9 Å². The van der Waals surface area contributed by atoms with Crippen molar-refractivity contribution in [3.63, 3.8) is 0 Å². The lowest BCUT2D eigenvalue weighted by Crippen LogP contribution is -2.23. The molecule has 0 aliphatic heterocycles. The first-order chi connectivity index (χ1) is 18.7. The van der Waals surface area contributed by atoms with Crippen molar-refractivity contribution in [3.05, 3.63) is 101 Å². The van der Waals surface area contributed by atoms with E-state index in [0.717, 1.165) is 40.2 Å². The average molecular weight is 525 g/mol. The number of nitrogens with zero attached hydrogens (tertiary/aromatic N) is 4. The Morgan fingerprint density at radius 2 is 1.85 bits per heavy atom. The van der Waals surface area contributed by atoms with Crippen molar-refractivity contribution >= 4 is 35.5 Å². The number of hydrogen-bond acceptors (Lipinski definition) is 6. The lowest BCUT2D eigenvalue weighted by Gasteiger charge is -2.12. The van der Waals surface area contributed by atoms with Gasteiger partial charge in [-0.2, -0.15) is 0 Å². The minimum atomic E-state index is -0.113. The fourth-order valence-corrected chi connectivity index (χ4v) is 3.42. The normalized spacial score (nSPS) is 11.6. The van der Waals surface area contributed by atoms with E-state index < -0.39 is 0 Å². The molecule has 0 saturated carbocycles. The maximum Gasteiger partial charge on any atom is 0.247 e. The maximum absolute atomic E-state index is 12.2. The second-order valence-electron chi connectivity index (χ2n) is 9.08. The molecule has 0 atom stereocenters. The number of nitrogens with one attached hydrogen (secondary N) is 2. The van der Waals surface area contributed by atoms with Crippen LogP contribution in [-0.2, 0) is 4.79 Å². The van der Waals surface area contributed by atoms with E-state index in [2.05, 4.69) is 51.0 Å². The zero-order valence-corrected chi connectivity index (χ0v) is 24.2. The number of pyridine rings is 1. The summed E-state index contributed by atoms with van der Waals surface area (Å²) in [4.78, 5) is 29.6. The Balaban J connectivity index is 0.000000568. The molecule has 204 valence electrons. The van der Waals surface area contributed by atoms with Crippen molar-refractivity contribution in [1.82, 2.24) is 20.3 Å². The molecule has 0 bridgehead atoms. The standard InChI is InChI=1S/C25H31N5O.C7H9N/c1-7-11-26-22(9-3)23-10-13-28-25(30-23)29-21-15-17(4)19(6)20(16-21)14-18(5)24(31)27-12-8-2;1-6-3-4-8-5-7(6)2/h8-11,13-16H,2,7,12H2,1,3-6H3,(H,27,31)(H,28,29,30);3-5H,1-2H3/b18-14+,22-9-,26-11?;. The third-order valence-electron chi connectivity index (χ3n) is 6.01. The van der Waals surface area contributed by atoms with Gasteiger partial charge in [0.25, 0.3) is 0 Å². The van der Waals surface area contributed by atoms with E-state index in [-0.39, 0.29) is 5.91 Å². The smallest absolute Gasteiger partial charge is 0.247 e. The lowest BCUT2D eigenvalue weighted by molar-refractivity contribution is -0.117. The van der Waals surface area contributed by atoms with Gasteiger partial charge in [0.15, 0.2) is 0 Å². The zero-order chi connectivity index (χ0) is 28.8. The number of aryl methyl sites for hydroxylation is 3. The quantitative estimate of drug-likeness (QED) is 0.177. The molecular formula is C32H40N6O. The fourth-order valence-electron chi connectivity index (χ4n) is 3.42. The number of amides is 1. The fraction of sp³-hybridized carbons (Fsp3) is 0.281. The number of anilines is 2. The monoisotopic (exact) mass is 524 g/mol. The van der Waals surface area contributed by atoms with Crippen LogP contribution in [0, 0.1) is 27.7 Å². The van der Waals surface area contributed by atoms with Gasteiger partial charge in [-0.15, -0.1) is 6.58 Å². The van der Waals surface area contributed by atoms with E-state index in [1.54, 1.807) is 19.2 Å². The second-order valence-corrected chi connectivity index (χ2v) is 9.08. The molecule has 2 N–H and O–H groups in total. The number of carbonyl (C=O) groups excluding carboxylic acids is 1. The Bertz CT molecular complexity index is 1350. The van der Waals surface area contributed by atoms with Crippen LogP contribution in [0.1, 0.15) is 60.7 Å². The molecule has 0 aliphatic carbocycles. The molecule has 1 aromatic carbocycles. The molecule has 0 aliphatic rings. The van der Waals surface area contributed by atoms with Crippen LogP contribution in [-0.4, -0.2) is 33.6 Å². The van der Waals surface area contributed by atoms with Gasteiger partial charge >= 0.3 is 0 Å². The molecule has 0 fully saturated rings. The summed E-state index contributed by atoms with van der Waals surface area (Å²) in [5.74, 6) is 0.375. The largest absolute Gasteiger partial charge is 0.349 e. The third-order valence-corrected chi connectivity index (χ3v) is 6.01. The van der Waals surface area contributed by atoms with Crippen molar-refractivity contribution in [3.8, 4) is 0 Å². The highest BCUT2D eigenvalue weighted by atomic mass is 16.1. The number of aromatic nitrogens is 3. The molecule has 3 aromatic rings. The first-order valence-corrected chi connectivity index (χ1v) is 13.0. The highest BCUT2D eigenvalue weighted by Gasteiger charge is 2.09. The molecule has 1 amide bonds. The van der Waals surface area contributed by atoms with Crippen LogP contribution in [0.15, 0.2) is 72.2 Å². The van der Waals surface area contributed by atoms with Crippen LogP contribution in [0.25, 0.3) is 11.8 Å². The summed E-state index contributed by atoms with van der Waals surface area (Å²) < 4.78 is 0. The first kappa shape index (κ1) is 30.8. The molecule has 39 heavy (non-hydrogen) atoms. The van der Waals surface area contributed by atoms with Gasteiger partial charge in [0, 0.05) is 42.6 Å². The van der Waals surface area contributed by atoms with Crippen molar-refractivity contribution in [2.45, 2.75) is 54.9 Å². The Hall–Kier alpha value is -4.39. The first-order valence-electron chi connectivity index (χ1n) is 13.0. The maximum atomic E-state index is 12.2. The van der Waals surface area contributed by atoms with Crippen LogP contribution < -0.4 is 10.6 Å². The predicted molar refractivity (Wildman–Crippen MR) is 164 cm³/mol. The van der Waals surface area contributed by atoms with Crippen LogP contribution in [0.3, 0.4) is 0 Å². The Kier molecular flexibility index (Phi) is 12.5. The van der Waals surface area contributed by atoms with Gasteiger partial charge in [-0.1, -0.05) is 19.1 Å². The summed E-state index contributed by atoms with van der Waals surface area (Å²) in [6.45, 7) is 18.1. The van der Waals surface area contributed by atoms with E-state index in [4.69, 9.17) is 0 Å². The van der Waals surface area contributed by atoms with Crippen LogP contribution in [0.5, 0.6) is 0 Å². The minimum Gasteiger partial charge on any atom is -0.349 e. The van der Waals surface area contributed by atoms with Gasteiger partial charge in [-0.3, -0.25) is 14.8 Å². The van der Waals surface area contributed by atoms with E-state index in [1.807, 2.05) is 82.7 Å². The molecule has 3 rings (SSSR count). The zero-order valence-electron chi connectivity index (χ0n) is 24.2. The highest BCUT2D eigenvalue weighted by molar-refractivity contribution is 5.97. The Morgan fingerprint density at radius 1 is 1.08 bits per heavy atom. The summed E-state index contributed by atoms with van der Waals surface area (Å²) >= 11 is 0. The second kappa shape index (κ2) is 15.8. The summed E-state index contributed by atoms with van der Waals surface area (Å²) in [5.41, 5.74) is 8.78. The van der Waals surface area contributed by atoms with Gasteiger partial charge in [0.2, 0.25) is 11.9 Å². The van der Waals surface area contributed by atoms with Crippen LogP contribution >= 0.6 is 0 Å². The Labute approximate surface area is 233 Å². The SMILES string of the molecule is C=CCNC(=O)/C(C)=C/c1cc(Nc2nccc(/C(=C/C)N=CCC)n2)cc(C)c1C.Cc1ccncc1C. The van der Waals surface area contributed by atoms with Gasteiger partial charge < -0.3 is 10.6 Å². The Morgan fingerprint density at radius 3 is 2.46 bits per heavy atom. The molecule has 2 heterocycles. The predicted octanol–water partition coefficient (Wildman–Crippen LogP) is 7.08. The van der Waals surface area contributed by atoms with Crippen LogP contribution in [0.4, 0.5) is 11.6 Å². The molecular weight excluding hydrogens is 484 g/mol. The lowest BCUT2D eigenvalue weighted by atomic mass is 10.00.